The summed E-state index contributed by atoms with van der Waals surface area (Å²) < 4.78 is 11.3. The van der Waals surface area contributed by atoms with Gasteiger partial charge in [0.1, 0.15) is 0 Å². The van der Waals surface area contributed by atoms with Gasteiger partial charge in [0.25, 0.3) is 11.9 Å². The lowest BCUT2D eigenvalue weighted by Gasteiger charge is -2.33. The summed E-state index contributed by atoms with van der Waals surface area (Å²) in [6, 6.07) is 11.8. The van der Waals surface area contributed by atoms with Crippen molar-refractivity contribution >= 4 is 23.2 Å². The molecule has 9 heteroatoms. The Morgan fingerprint density at radius 2 is 1.71 bits per heavy atom. The Labute approximate surface area is 197 Å². The first-order valence-electron chi connectivity index (χ1n) is 11.6. The number of piperazine rings is 1. The summed E-state index contributed by atoms with van der Waals surface area (Å²) in [6.07, 6.45) is 0.854. The number of carbonyl (C=O) groups is 1. The Bertz CT molecular complexity index is 1310. The van der Waals surface area contributed by atoms with E-state index in [4.69, 9.17) is 8.94 Å². The zero-order valence-corrected chi connectivity index (χ0v) is 19.9. The third-order valence-corrected chi connectivity index (χ3v) is 5.96. The van der Waals surface area contributed by atoms with Crippen molar-refractivity contribution in [3.63, 3.8) is 0 Å². The Balaban J connectivity index is 1.23. The van der Waals surface area contributed by atoms with E-state index < -0.39 is 0 Å². The lowest BCUT2D eigenvalue weighted by molar-refractivity contribution is 0.0745. The van der Waals surface area contributed by atoms with Crippen molar-refractivity contribution in [3.05, 3.63) is 53.5 Å². The van der Waals surface area contributed by atoms with Crippen LogP contribution in [0.15, 0.2) is 45.3 Å². The molecule has 0 bridgehead atoms. The number of amides is 1. The largest absolute Gasteiger partial charge is 0.422 e. The van der Waals surface area contributed by atoms with Crippen molar-refractivity contribution in [2.24, 2.45) is 0 Å². The molecule has 0 spiro atoms. The summed E-state index contributed by atoms with van der Waals surface area (Å²) in [4.78, 5) is 30.5. The second kappa shape index (κ2) is 8.55. The fourth-order valence-electron chi connectivity index (χ4n) is 3.87. The Kier molecular flexibility index (Phi) is 5.55. The van der Waals surface area contributed by atoms with Crippen LogP contribution in [0.2, 0.25) is 0 Å². The molecule has 0 N–H and O–H groups in total. The first-order chi connectivity index (χ1) is 16.3. The molecule has 4 aromatic rings. The molecule has 1 aliphatic rings. The molecule has 1 aromatic carbocycles. The third kappa shape index (κ3) is 4.25. The SMILES string of the molecule is CCc1ccc2oc(N3CCN(C(=O)c4ccc(-c5noc(C(C)(C)C)n5)cc4)CC3)nc2n1. The number of hydrogen-bond acceptors (Lipinski definition) is 8. The fourth-order valence-corrected chi connectivity index (χ4v) is 3.87. The van der Waals surface area contributed by atoms with Crippen molar-refractivity contribution in [3.8, 4) is 11.4 Å². The molecular formula is C25H28N6O3. The number of aryl methyl sites for hydroxylation is 1. The van der Waals surface area contributed by atoms with Crippen LogP contribution in [0.3, 0.4) is 0 Å². The molecule has 1 saturated heterocycles. The first kappa shape index (κ1) is 22.1. The van der Waals surface area contributed by atoms with Crippen LogP contribution in [0.1, 0.15) is 49.6 Å². The van der Waals surface area contributed by atoms with E-state index in [0.29, 0.717) is 60.7 Å². The number of benzene rings is 1. The molecule has 176 valence electrons. The molecule has 34 heavy (non-hydrogen) atoms. The van der Waals surface area contributed by atoms with Crippen molar-refractivity contribution in [2.75, 3.05) is 31.1 Å². The van der Waals surface area contributed by atoms with Gasteiger partial charge in [-0.3, -0.25) is 4.79 Å². The van der Waals surface area contributed by atoms with Gasteiger partial charge in [-0.15, -0.1) is 0 Å². The van der Waals surface area contributed by atoms with Gasteiger partial charge in [-0.1, -0.05) is 45.0 Å². The van der Waals surface area contributed by atoms with E-state index >= 15 is 0 Å². The maximum Gasteiger partial charge on any atom is 0.300 e. The number of anilines is 1. The third-order valence-electron chi connectivity index (χ3n) is 5.96. The van der Waals surface area contributed by atoms with Crippen molar-refractivity contribution in [1.29, 1.82) is 0 Å². The van der Waals surface area contributed by atoms with Crippen molar-refractivity contribution < 1.29 is 13.7 Å². The highest BCUT2D eigenvalue weighted by Crippen LogP contribution is 2.25. The van der Waals surface area contributed by atoms with Gasteiger partial charge >= 0.3 is 0 Å². The van der Waals surface area contributed by atoms with E-state index in [1.807, 2.05) is 62.1 Å². The van der Waals surface area contributed by atoms with Crippen LogP contribution < -0.4 is 4.90 Å². The highest BCUT2D eigenvalue weighted by atomic mass is 16.5. The van der Waals surface area contributed by atoms with Crippen LogP contribution in [0.4, 0.5) is 6.01 Å². The second-order valence-electron chi connectivity index (χ2n) is 9.50. The highest BCUT2D eigenvalue weighted by molar-refractivity contribution is 5.94. The summed E-state index contributed by atoms with van der Waals surface area (Å²) in [5.74, 6) is 1.11. The minimum Gasteiger partial charge on any atom is -0.422 e. The molecule has 0 aliphatic carbocycles. The maximum atomic E-state index is 13.0. The van der Waals surface area contributed by atoms with E-state index in [2.05, 4.69) is 31.9 Å². The molecule has 0 radical (unpaired) electrons. The second-order valence-corrected chi connectivity index (χ2v) is 9.50. The molecular weight excluding hydrogens is 432 g/mol. The number of fused-ring (bicyclic) bond motifs is 1. The van der Waals surface area contributed by atoms with Gasteiger partial charge in [-0.05, 0) is 30.7 Å². The lowest BCUT2D eigenvalue weighted by Crippen LogP contribution is -2.48. The summed E-state index contributed by atoms with van der Waals surface area (Å²) in [7, 11) is 0. The first-order valence-corrected chi connectivity index (χ1v) is 11.6. The van der Waals surface area contributed by atoms with Crippen LogP contribution in [0.5, 0.6) is 0 Å². The Morgan fingerprint density at radius 1 is 0.971 bits per heavy atom. The normalized spacial score (nSPS) is 14.7. The standard InChI is InChI=1S/C25H28N6O3/c1-5-18-10-11-19-21(26-18)28-24(33-19)31-14-12-30(13-15-31)22(32)17-8-6-16(7-9-17)20-27-23(34-29-20)25(2,3)4/h6-11H,5,12-15H2,1-4H3. The quantitative estimate of drug-likeness (QED) is 0.449. The average Bonchev–Trinajstić information content (AvgIpc) is 3.51. The molecule has 0 atom stereocenters. The Hall–Kier alpha value is -3.75. The number of nitrogens with zero attached hydrogens (tertiary/aromatic N) is 6. The number of carbonyl (C=O) groups excluding carboxylic acids is 1. The van der Waals surface area contributed by atoms with E-state index in [9.17, 15) is 4.79 Å². The van der Waals surface area contributed by atoms with Gasteiger partial charge < -0.3 is 18.7 Å². The zero-order valence-electron chi connectivity index (χ0n) is 19.9. The minimum absolute atomic E-state index is 0.00140. The fraction of sp³-hybridized carbons (Fsp3) is 0.400. The molecule has 1 amide bonds. The molecule has 5 rings (SSSR count). The maximum absolute atomic E-state index is 13.0. The van der Waals surface area contributed by atoms with E-state index in [1.54, 1.807) is 0 Å². The van der Waals surface area contributed by atoms with Gasteiger partial charge in [-0.25, -0.2) is 4.98 Å². The predicted molar refractivity (Wildman–Crippen MR) is 128 cm³/mol. The smallest absolute Gasteiger partial charge is 0.300 e. The molecule has 4 heterocycles. The molecule has 1 fully saturated rings. The number of oxazole rings is 1. The van der Waals surface area contributed by atoms with Crippen LogP contribution >= 0.6 is 0 Å². The lowest BCUT2D eigenvalue weighted by atomic mass is 9.97. The monoisotopic (exact) mass is 460 g/mol. The summed E-state index contributed by atoms with van der Waals surface area (Å²) in [5, 5.41) is 4.07. The predicted octanol–water partition coefficient (Wildman–Crippen LogP) is 4.10. The summed E-state index contributed by atoms with van der Waals surface area (Å²) in [6.45, 7) is 10.6. The highest BCUT2D eigenvalue weighted by Gasteiger charge is 2.26. The Morgan fingerprint density at radius 3 is 2.35 bits per heavy atom. The summed E-state index contributed by atoms with van der Waals surface area (Å²) in [5.41, 5.74) is 3.54. The number of hydrogen-bond donors (Lipinski definition) is 0. The minimum atomic E-state index is -0.212. The van der Waals surface area contributed by atoms with Crippen LogP contribution in [-0.2, 0) is 11.8 Å². The molecule has 1 aliphatic heterocycles. The van der Waals surface area contributed by atoms with E-state index in [1.165, 1.54) is 0 Å². The molecule has 3 aromatic heterocycles. The van der Waals surface area contributed by atoms with Gasteiger partial charge in [0.05, 0.1) is 0 Å². The number of pyridine rings is 1. The average molecular weight is 461 g/mol. The van der Waals surface area contributed by atoms with Gasteiger partial charge in [0, 0.05) is 48.4 Å². The van der Waals surface area contributed by atoms with Crippen LogP contribution in [0.25, 0.3) is 22.6 Å². The topological polar surface area (TPSA) is 101 Å². The number of aromatic nitrogens is 4. The van der Waals surface area contributed by atoms with Crippen LogP contribution in [0, 0.1) is 0 Å². The molecule has 9 nitrogen and oxygen atoms in total. The zero-order chi connectivity index (χ0) is 23.9. The van der Waals surface area contributed by atoms with Gasteiger partial charge in [0.15, 0.2) is 5.58 Å². The van der Waals surface area contributed by atoms with Gasteiger partial charge in [-0.2, -0.15) is 9.97 Å². The summed E-state index contributed by atoms with van der Waals surface area (Å²) >= 11 is 0. The number of rotatable bonds is 4. The van der Waals surface area contributed by atoms with Crippen molar-refractivity contribution in [1.82, 2.24) is 25.0 Å². The molecule has 0 unspecified atom stereocenters. The van der Waals surface area contributed by atoms with E-state index in [-0.39, 0.29) is 11.3 Å². The molecule has 0 saturated carbocycles. The van der Waals surface area contributed by atoms with Crippen molar-refractivity contribution in [2.45, 2.75) is 39.5 Å². The van der Waals surface area contributed by atoms with Gasteiger partial charge in [0.2, 0.25) is 17.4 Å². The van der Waals surface area contributed by atoms with E-state index in [0.717, 1.165) is 17.7 Å². The van der Waals surface area contributed by atoms with Crippen LogP contribution in [-0.4, -0.2) is 57.1 Å².